The molecule has 1 saturated heterocycles. The van der Waals surface area contributed by atoms with Gasteiger partial charge in [-0.05, 0) is 56.4 Å². The number of nitrogens with zero attached hydrogens (tertiary/aromatic N) is 1. The van der Waals surface area contributed by atoms with E-state index in [0.717, 1.165) is 31.4 Å². The molecular formula is C22H27Cl2N3O2. The summed E-state index contributed by atoms with van der Waals surface area (Å²) in [5, 5.41) is 3.11. The van der Waals surface area contributed by atoms with E-state index >= 15 is 0 Å². The number of likely N-dealkylation sites (tertiary alicyclic amines) is 1. The maximum Gasteiger partial charge on any atom is 0.255 e. The molecule has 2 aromatic carbocycles. The van der Waals surface area contributed by atoms with Crippen LogP contribution in [0.5, 0.6) is 0 Å². The third kappa shape index (κ3) is 5.95. The molecule has 2 aromatic rings. The topological polar surface area (TPSA) is 75.4 Å². The molecule has 7 heteroatoms. The van der Waals surface area contributed by atoms with Gasteiger partial charge in [0, 0.05) is 18.3 Å². The van der Waals surface area contributed by atoms with Gasteiger partial charge in [-0.1, -0.05) is 41.9 Å². The predicted octanol–water partition coefficient (Wildman–Crippen LogP) is 4.28. The molecule has 0 aliphatic carbocycles. The number of carbonyl (C=O) groups excluding carboxylic acids is 2. The van der Waals surface area contributed by atoms with E-state index in [9.17, 15) is 9.59 Å². The Morgan fingerprint density at radius 1 is 1.21 bits per heavy atom. The molecule has 1 aliphatic heterocycles. The molecule has 0 radical (unpaired) electrons. The van der Waals surface area contributed by atoms with Crippen LogP contribution in [0, 0.1) is 0 Å². The number of piperidine rings is 1. The number of hydrogen-bond acceptors (Lipinski definition) is 3. The lowest BCUT2D eigenvalue weighted by molar-refractivity contribution is -0.117. The maximum absolute atomic E-state index is 12.8. The lowest BCUT2D eigenvalue weighted by Gasteiger charge is -2.33. The van der Waals surface area contributed by atoms with Crippen LogP contribution in [0.2, 0.25) is 5.02 Å². The van der Waals surface area contributed by atoms with Crippen molar-refractivity contribution in [2.24, 2.45) is 5.73 Å². The average Bonchev–Trinajstić information content (AvgIpc) is 2.68. The fraction of sp³-hybridized carbons (Fsp3) is 0.364. The van der Waals surface area contributed by atoms with Crippen LogP contribution in [-0.4, -0.2) is 35.3 Å². The first kappa shape index (κ1) is 23.2. The minimum atomic E-state index is -0.670. The quantitative estimate of drug-likeness (QED) is 0.735. The molecule has 3 rings (SSSR count). The minimum Gasteiger partial charge on any atom is -0.336 e. The Morgan fingerprint density at radius 3 is 2.59 bits per heavy atom. The number of hydrogen-bond donors (Lipinski definition) is 2. The van der Waals surface area contributed by atoms with E-state index in [-0.39, 0.29) is 30.3 Å². The summed E-state index contributed by atoms with van der Waals surface area (Å²) in [7, 11) is 0. The Morgan fingerprint density at radius 2 is 1.93 bits per heavy atom. The molecule has 3 N–H and O–H groups in total. The largest absolute Gasteiger partial charge is 0.336 e. The van der Waals surface area contributed by atoms with Gasteiger partial charge >= 0.3 is 0 Å². The van der Waals surface area contributed by atoms with Crippen LogP contribution in [-0.2, 0) is 11.2 Å². The van der Waals surface area contributed by atoms with E-state index in [1.54, 1.807) is 18.2 Å². The van der Waals surface area contributed by atoms with E-state index < -0.39 is 6.04 Å². The summed E-state index contributed by atoms with van der Waals surface area (Å²) in [5.74, 6) is -0.348. The third-order valence-corrected chi connectivity index (χ3v) is 5.48. The Kier molecular flexibility index (Phi) is 8.50. The molecule has 0 spiro atoms. The highest BCUT2D eigenvalue weighted by molar-refractivity contribution is 6.34. The highest BCUT2D eigenvalue weighted by Crippen LogP contribution is 2.26. The van der Waals surface area contributed by atoms with Gasteiger partial charge in [-0.2, -0.15) is 0 Å². The smallest absolute Gasteiger partial charge is 0.255 e. The molecule has 1 fully saturated rings. The van der Waals surface area contributed by atoms with E-state index in [4.69, 9.17) is 17.3 Å². The van der Waals surface area contributed by atoms with Crippen LogP contribution in [0.3, 0.4) is 0 Å². The van der Waals surface area contributed by atoms with Gasteiger partial charge in [-0.15, -0.1) is 12.4 Å². The summed E-state index contributed by atoms with van der Waals surface area (Å²) in [4.78, 5) is 27.1. The first-order chi connectivity index (χ1) is 13.5. The number of anilines is 1. The standard InChI is InChI=1S/C22H26ClN3O2.ClH/c1-15-7-5-6-12-26(15)22(28)18-11-10-17(14-19(18)23)25-21(27)20(24)13-16-8-3-2-4-9-16;/h2-4,8-11,14-15,20H,5-7,12-13,24H2,1H3,(H,25,27);1H/t15?,20-;/m0./s1. The van der Waals surface area contributed by atoms with Crippen LogP contribution in [0.4, 0.5) is 5.69 Å². The van der Waals surface area contributed by atoms with Gasteiger partial charge in [0.25, 0.3) is 5.91 Å². The van der Waals surface area contributed by atoms with Gasteiger partial charge in [-0.3, -0.25) is 9.59 Å². The van der Waals surface area contributed by atoms with Crippen molar-refractivity contribution in [3.8, 4) is 0 Å². The van der Waals surface area contributed by atoms with Crippen molar-refractivity contribution in [1.82, 2.24) is 4.90 Å². The zero-order chi connectivity index (χ0) is 20.1. The van der Waals surface area contributed by atoms with Crippen LogP contribution < -0.4 is 11.1 Å². The average molecular weight is 436 g/mol. The van der Waals surface area contributed by atoms with Crippen LogP contribution in [0.15, 0.2) is 48.5 Å². The highest BCUT2D eigenvalue weighted by Gasteiger charge is 2.25. The zero-order valence-electron chi connectivity index (χ0n) is 16.4. The van der Waals surface area contributed by atoms with Crippen molar-refractivity contribution >= 4 is 41.5 Å². The lowest BCUT2D eigenvalue weighted by atomic mass is 10.0. The van der Waals surface area contributed by atoms with Crippen molar-refractivity contribution in [1.29, 1.82) is 0 Å². The zero-order valence-corrected chi connectivity index (χ0v) is 18.0. The Labute approximate surface area is 183 Å². The highest BCUT2D eigenvalue weighted by atomic mass is 35.5. The first-order valence-corrected chi connectivity index (χ1v) is 10.0. The summed E-state index contributed by atoms with van der Waals surface area (Å²) in [5.41, 5.74) is 8.01. The molecular weight excluding hydrogens is 409 g/mol. The fourth-order valence-corrected chi connectivity index (χ4v) is 3.78. The van der Waals surface area contributed by atoms with Crippen LogP contribution in [0.1, 0.15) is 42.1 Å². The maximum atomic E-state index is 12.8. The summed E-state index contributed by atoms with van der Waals surface area (Å²) in [6.45, 7) is 2.82. The van der Waals surface area contributed by atoms with Gasteiger partial charge in [0.1, 0.15) is 0 Å². The second-order valence-electron chi connectivity index (χ2n) is 7.32. The molecule has 29 heavy (non-hydrogen) atoms. The summed E-state index contributed by atoms with van der Waals surface area (Å²) in [6.07, 6.45) is 3.62. The molecule has 0 saturated carbocycles. The lowest BCUT2D eigenvalue weighted by Crippen LogP contribution is -2.42. The Hall–Kier alpha value is -2.08. The van der Waals surface area contributed by atoms with Crippen molar-refractivity contribution in [2.75, 3.05) is 11.9 Å². The van der Waals surface area contributed by atoms with Crippen molar-refractivity contribution in [3.05, 3.63) is 64.7 Å². The molecule has 2 amide bonds. The normalized spacial score (nSPS) is 17.2. The molecule has 1 heterocycles. The van der Waals surface area contributed by atoms with Crippen molar-refractivity contribution < 1.29 is 9.59 Å². The second kappa shape index (κ2) is 10.6. The molecule has 1 unspecified atom stereocenters. The molecule has 156 valence electrons. The molecule has 1 aliphatic rings. The Balaban J connectivity index is 0.00000300. The summed E-state index contributed by atoms with van der Waals surface area (Å²) >= 11 is 6.35. The molecule has 0 aromatic heterocycles. The summed E-state index contributed by atoms with van der Waals surface area (Å²) < 4.78 is 0. The fourth-order valence-electron chi connectivity index (χ4n) is 3.52. The monoisotopic (exact) mass is 435 g/mol. The summed E-state index contributed by atoms with van der Waals surface area (Å²) in [6, 6.07) is 14.1. The first-order valence-electron chi connectivity index (χ1n) is 9.66. The van der Waals surface area contributed by atoms with E-state index in [1.165, 1.54) is 0 Å². The van der Waals surface area contributed by atoms with Gasteiger partial charge < -0.3 is 16.0 Å². The SMILES string of the molecule is CC1CCCCN1C(=O)c1ccc(NC(=O)[C@@H](N)Cc2ccccc2)cc1Cl.Cl. The van der Waals surface area contributed by atoms with Gasteiger partial charge in [-0.25, -0.2) is 0 Å². The number of nitrogens with two attached hydrogens (primary N) is 1. The van der Waals surface area contributed by atoms with E-state index in [2.05, 4.69) is 12.2 Å². The number of nitrogens with one attached hydrogen (secondary N) is 1. The van der Waals surface area contributed by atoms with Crippen LogP contribution in [0.25, 0.3) is 0 Å². The molecule has 2 atom stereocenters. The van der Waals surface area contributed by atoms with Crippen molar-refractivity contribution in [3.63, 3.8) is 0 Å². The number of carbonyl (C=O) groups is 2. The van der Waals surface area contributed by atoms with Gasteiger partial charge in [0.05, 0.1) is 16.6 Å². The predicted molar refractivity (Wildman–Crippen MR) is 120 cm³/mol. The number of amides is 2. The van der Waals surface area contributed by atoms with Crippen molar-refractivity contribution in [2.45, 2.75) is 44.7 Å². The molecule has 0 bridgehead atoms. The Bertz CT molecular complexity index is 845. The third-order valence-electron chi connectivity index (χ3n) is 5.17. The van der Waals surface area contributed by atoms with Gasteiger partial charge in [0.2, 0.25) is 5.91 Å². The second-order valence-corrected chi connectivity index (χ2v) is 7.73. The van der Waals surface area contributed by atoms with E-state index in [1.807, 2.05) is 35.2 Å². The van der Waals surface area contributed by atoms with Gasteiger partial charge in [0.15, 0.2) is 0 Å². The number of halogens is 2. The minimum absolute atomic E-state index is 0. The van der Waals surface area contributed by atoms with E-state index in [0.29, 0.717) is 22.7 Å². The van der Waals surface area contributed by atoms with Crippen LogP contribution >= 0.6 is 24.0 Å². The molecule has 5 nitrogen and oxygen atoms in total. The number of rotatable bonds is 5. The number of benzene rings is 2.